The lowest BCUT2D eigenvalue weighted by molar-refractivity contribution is -0.142. The maximum atomic E-state index is 11.7. The average molecular weight is 234 g/mol. The van der Waals surface area contributed by atoms with Gasteiger partial charge in [-0.1, -0.05) is 25.1 Å². The van der Waals surface area contributed by atoms with Crippen molar-refractivity contribution in [2.45, 2.75) is 33.6 Å². The summed E-state index contributed by atoms with van der Waals surface area (Å²) < 4.78 is 4.90. The summed E-state index contributed by atoms with van der Waals surface area (Å²) in [5.41, 5.74) is 2.45. The molecule has 3 nitrogen and oxygen atoms in total. The normalized spacial score (nSPS) is 10.1. The molecule has 0 fully saturated rings. The Labute approximate surface area is 102 Å². The lowest BCUT2D eigenvalue weighted by Gasteiger charge is -2.09. The fraction of sp³-hybridized carbons (Fsp3) is 0.429. The molecule has 0 aliphatic carbocycles. The molecule has 0 bridgehead atoms. The molecule has 0 heterocycles. The number of carbonyl (C=O) groups is 2. The van der Waals surface area contributed by atoms with Crippen molar-refractivity contribution in [1.82, 2.24) is 0 Å². The van der Waals surface area contributed by atoms with Crippen molar-refractivity contribution < 1.29 is 14.3 Å². The summed E-state index contributed by atoms with van der Waals surface area (Å²) in [6.45, 7) is 5.87. The van der Waals surface area contributed by atoms with Crippen molar-refractivity contribution in [3.63, 3.8) is 0 Å². The number of hydrogen-bond donors (Lipinski definition) is 0. The summed E-state index contributed by atoms with van der Waals surface area (Å²) >= 11 is 0. The van der Waals surface area contributed by atoms with Crippen LogP contribution in [0.2, 0.25) is 0 Å². The fourth-order valence-electron chi connectivity index (χ4n) is 1.74. The van der Waals surface area contributed by atoms with E-state index in [4.69, 9.17) is 4.74 Å². The molecule has 0 aliphatic heterocycles. The molecule has 0 N–H and O–H groups in total. The van der Waals surface area contributed by atoms with Crippen molar-refractivity contribution in [3.05, 3.63) is 34.9 Å². The van der Waals surface area contributed by atoms with E-state index in [0.29, 0.717) is 18.6 Å². The van der Waals surface area contributed by atoms with Crippen molar-refractivity contribution >= 4 is 11.8 Å². The van der Waals surface area contributed by atoms with Gasteiger partial charge in [0.15, 0.2) is 5.78 Å². The molecular weight excluding hydrogens is 216 g/mol. The van der Waals surface area contributed by atoms with Crippen LogP contribution in [0.1, 0.15) is 41.8 Å². The highest BCUT2D eigenvalue weighted by Gasteiger charge is 2.12. The van der Waals surface area contributed by atoms with E-state index in [1.807, 2.05) is 26.0 Å². The number of ketones is 1. The molecule has 3 heteroatoms. The Morgan fingerprint density at radius 1 is 1.24 bits per heavy atom. The third-order valence-corrected chi connectivity index (χ3v) is 2.71. The minimum atomic E-state index is -0.253. The maximum absolute atomic E-state index is 11.7. The smallest absolute Gasteiger partial charge is 0.310 e. The van der Waals surface area contributed by atoms with Crippen LogP contribution in [0.25, 0.3) is 0 Å². The average Bonchev–Trinajstić information content (AvgIpc) is 2.31. The van der Waals surface area contributed by atoms with Gasteiger partial charge in [-0.05, 0) is 25.0 Å². The molecule has 0 atom stereocenters. The van der Waals surface area contributed by atoms with E-state index in [1.165, 1.54) is 0 Å². The molecule has 0 spiro atoms. The molecule has 0 aromatic heterocycles. The van der Waals surface area contributed by atoms with Crippen molar-refractivity contribution in [2.75, 3.05) is 6.61 Å². The number of Topliss-reactive ketones (excluding diaryl/α,β-unsaturated/α-hetero) is 1. The SMILES string of the molecule is CCOC(=O)Cc1cccc(C(=O)CC)c1C. The zero-order valence-corrected chi connectivity index (χ0v) is 10.6. The standard InChI is InChI=1S/C14H18O3/c1-4-13(15)12-8-6-7-11(10(12)3)9-14(16)17-5-2/h6-8H,4-5,9H2,1-3H3. The number of ether oxygens (including phenoxy) is 1. The van der Waals surface area contributed by atoms with Gasteiger partial charge in [0, 0.05) is 12.0 Å². The zero-order valence-electron chi connectivity index (χ0n) is 10.6. The van der Waals surface area contributed by atoms with E-state index in [-0.39, 0.29) is 18.2 Å². The van der Waals surface area contributed by atoms with E-state index in [2.05, 4.69) is 0 Å². The van der Waals surface area contributed by atoms with Crippen LogP contribution in [0, 0.1) is 6.92 Å². The highest BCUT2D eigenvalue weighted by Crippen LogP contribution is 2.16. The molecule has 0 unspecified atom stereocenters. The number of rotatable bonds is 5. The Hall–Kier alpha value is -1.64. The van der Waals surface area contributed by atoms with E-state index >= 15 is 0 Å². The molecule has 0 aliphatic rings. The largest absolute Gasteiger partial charge is 0.466 e. The molecule has 17 heavy (non-hydrogen) atoms. The van der Waals surface area contributed by atoms with E-state index in [9.17, 15) is 9.59 Å². The molecule has 0 saturated carbocycles. The summed E-state index contributed by atoms with van der Waals surface area (Å²) in [5.74, 6) is -0.148. The number of hydrogen-bond acceptors (Lipinski definition) is 3. The first-order valence-electron chi connectivity index (χ1n) is 5.87. The van der Waals surface area contributed by atoms with Gasteiger partial charge in [0.25, 0.3) is 0 Å². The Morgan fingerprint density at radius 3 is 2.53 bits per heavy atom. The van der Waals surface area contributed by atoms with Crippen LogP contribution in [0.5, 0.6) is 0 Å². The van der Waals surface area contributed by atoms with Crippen LogP contribution in [-0.2, 0) is 16.0 Å². The van der Waals surface area contributed by atoms with E-state index < -0.39 is 0 Å². The van der Waals surface area contributed by atoms with Crippen LogP contribution >= 0.6 is 0 Å². The Kier molecular flexibility index (Phi) is 4.88. The number of benzene rings is 1. The van der Waals surface area contributed by atoms with Gasteiger partial charge in [-0.3, -0.25) is 9.59 Å². The highest BCUT2D eigenvalue weighted by molar-refractivity contribution is 5.97. The summed E-state index contributed by atoms with van der Waals surface area (Å²) in [4.78, 5) is 23.1. The third-order valence-electron chi connectivity index (χ3n) is 2.71. The number of esters is 1. The first kappa shape index (κ1) is 13.4. The molecule has 92 valence electrons. The minimum absolute atomic E-state index is 0.105. The van der Waals surface area contributed by atoms with Crippen molar-refractivity contribution in [3.8, 4) is 0 Å². The fourth-order valence-corrected chi connectivity index (χ4v) is 1.74. The van der Waals surface area contributed by atoms with Gasteiger partial charge in [0.2, 0.25) is 0 Å². The van der Waals surface area contributed by atoms with Crippen LogP contribution in [0.4, 0.5) is 0 Å². The molecule has 1 aromatic carbocycles. The molecule has 0 radical (unpaired) electrons. The van der Waals surface area contributed by atoms with Crippen LogP contribution in [0.3, 0.4) is 0 Å². The first-order valence-corrected chi connectivity index (χ1v) is 5.87. The first-order chi connectivity index (χ1) is 8.10. The zero-order chi connectivity index (χ0) is 12.8. The second-order valence-corrected chi connectivity index (χ2v) is 3.85. The monoisotopic (exact) mass is 234 g/mol. The van der Waals surface area contributed by atoms with Gasteiger partial charge in [-0.15, -0.1) is 0 Å². The number of carbonyl (C=O) groups excluding carboxylic acids is 2. The third kappa shape index (κ3) is 3.41. The Balaban J connectivity index is 2.94. The lowest BCUT2D eigenvalue weighted by Crippen LogP contribution is -2.10. The molecule has 0 saturated heterocycles. The van der Waals surface area contributed by atoms with Gasteiger partial charge in [-0.2, -0.15) is 0 Å². The van der Waals surface area contributed by atoms with Gasteiger partial charge >= 0.3 is 5.97 Å². The van der Waals surface area contributed by atoms with Crippen LogP contribution < -0.4 is 0 Å². The quantitative estimate of drug-likeness (QED) is 0.581. The van der Waals surface area contributed by atoms with E-state index in [1.54, 1.807) is 13.0 Å². The summed E-state index contributed by atoms with van der Waals surface area (Å²) in [6.07, 6.45) is 0.703. The van der Waals surface area contributed by atoms with E-state index in [0.717, 1.165) is 11.1 Å². The highest BCUT2D eigenvalue weighted by atomic mass is 16.5. The van der Waals surface area contributed by atoms with Crippen molar-refractivity contribution in [2.24, 2.45) is 0 Å². The summed E-state index contributed by atoms with van der Waals surface area (Å²) in [5, 5.41) is 0. The Morgan fingerprint density at radius 2 is 1.94 bits per heavy atom. The van der Waals surface area contributed by atoms with Gasteiger partial charge in [0.1, 0.15) is 0 Å². The van der Waals surface area contributed by atoms with Crippen molar-refractivity contribution in [1.29, 1.82) is 0 Å². The van der Waals surface area contributed by atoms with Gasteiger partial charge in [-0.25, -0.2) is 0 Å². The second-order valence-electron chi connectivity index (χ2n) is 3.85. The Bertz CT molecular complexity index is 421. The van der Waals surface area contributed by atoms with Gasteiger partial charge < -0.3 is 4.74 Å². The maximum Gasteiger partial charge on any atom is 0.310 e. The summed E-state index contributed by atoms with van der Waals surface area (Å²) in [7, 11) is 0. The van der Waals surface area contributed by atoms with Gasteiger partial charge in [0.05, 0.1) is 13.0 Å². The predicted octanol–water partition coefficient (Wildman–Crippen LogP) is 2.69. The minimum Gasteiger partial charge on any atom is -0.466 e. The summed E-state index contributed by atoms with van der Waals surface area (Å²) in [6, 6.07) is 5.47. The topological polar surface area (TPSA) is 43.4 Å². The van der Waals surface area contributed by atoms with Crippen LogP contribution in [0.15, 0.2) is 18.2 Å². The molecular formula is C14H18O3. The predicted molar refractivity (Wildman–Crippen MR) is 66.1 cm³/mol. The lowest BCUT2D eigenvalue weighted by atomic mass is 9.96. The molecule has 1 rings (SSSR count). The van der Waals surface area contributed by atoms with Crippen LogP contribution in [-0.4, -0.2) is 18.4 Å². The molecule has 1 aromatic rings. The second kappa shape index (κ2) is 6.18. The molecule has 0 amide bonds.